The minimum atomic E-state index is -8.74. The number of halogens is 23. The van der Waals surface area contributed by atoms with Crippen LogP contribution >= 0.6 is 0 Å². The van der Waals surface area contributed by atoms with Crippen LogP contribution in [-0.2, 0) is 19.0 Å². The number of nitrogens with one attached hydrogen (secondary N) is 1. The van der Waals surface area contributed by atoms with Crippen LogP contribution in [0.25, 0.3) is 0 Å². The third-order valence-electron chi connectivity index (χ3n) is 4.73. The summed E-state index contributed by atoms with van der Waals surface area (Å²) in [6.07, 6.45) is -58.0. The lowest BCUT2D eigenvalue weighted by Crippen LogP contribution is -2.71. The van der Waals surface area contributed by atoms with Crippen molar-refractivity contribution >= 4 is 5.91 Å². The SMILES string of the molecule is CN(C)CCCNC(=O)C(F)(OC(F)(F)C(F)(OC(F)(F)C(F)(OC(F)(F)C(F)(F)C(F)(F)F)C(F)(F)F)C(F)(F)F)C(F)(F)F. The Balaban J connectivity index is 7.14. The fraction of sp³-hybridized carbons (Fsp3) is 0.941. The summed E-state index contributed by atoms with van der Waals surface area (Å²) in [4.78, 5) is 12.8. The standard InChI is InChI=1S/C17H13F23N2O4/c1-42(2)5-3-4-41-6(43)7(18,11(23,24)25)44-16(37,38)9(21,13(29,30)31)46-17(39,40)10(22,14(32,33)34)45-15(35,36)8(19,20)12(26,27)28/h3-5H2,1-2H3,(H,41,43). The molecule has 276 valence electrons. The van der Waals surface area contributed by atoms with E-state index in [0.29, 0.717) is 0 Å². The highest BCUT2D eigenvalue weighted by molar-refractivity contribution is 5.84. The van der Waals surface area contributed by atoms with Crippen molar-refractivity contribution < 1.29 is 120 Å². The van der Waals surface area contributed by atoms with Gasteiger partial charge in [0.1, 0.15) is 0 Å². The first kappa shape index (κ1) is 43.7. The minimum Gasteiger partial charge on any atom is -0.351 e. The van der Waals surface area contributed by atoms with Crippen LogP contribution in [0.15, 0.2) is 0 Å². The first-order chi connectivity index (χ1) is 19.7. The molecular weight excluding hydrogens is 733 g/mol. The Kier molecular flexibility index (Phi) is 12.0. The molecular formula is C17H13F23N2O4. The molecule has 1 amide bonds. The maximum absolute atomic E-state index is 14.4. The van der Waals surface area contributed by atoms with E-state index in [1.54, 1.807) is 4.74 Å². The second kappa shape index (κ2) is 12.6. The van der Waals surface area contributed by atoms with Crippen LogP contribution in [0.4, 0.5) is 101 Å². The van der Waals surface area contributed by atoms with Gasteiger partial charge in [-0.1, -0.05) is 0 Å². The molecule has 0 spiro atoms. The number of carbonyl (C=O) groups excluding carboxylic acids is 1. The normalized spacial score (nSPS) is 19.0. The van der Waals surface area contributed by atoms with Crippen LogP contribution < -0.4 is 5.32 Å². The monoisotopic (exact) mass is 746 g/mol. The summed E-state index contributed by atoms with van der Waals surface area (Å²) in [5.41, 5.74) is 0. The summed E-state index contributed by atoms with van der Waals surface area (Å²) in [7, 11) is 2.51. The average Bonchev–Trinajstić information content (AvgIpc) is 2.77. The van der Waals surface area contributed by atoms with Gasteiger partial charge in [0.25, 0.3) is 5.91 Å². The number of carbonyl (C=O) groups is 1. The zero-order valence-corrected chi connectivity index (χ0v) is 21.4. The van der Waals surface area contributed by atoms with Crippen molar-refractivity contribution in [3.63, 3.8) is 0 Å². The smallest absolute Gasteiger partial charge is 0.351 e. The van der Waals surface area contributed by atoms with E-state index in [1.807, 2.05) is 0 Å². The summed E-state index contributed by atoms with van der Waals surface area (Å²) in [5, 5.41) is 0.756. The summed E-state index contributed by atoms with van der Waals surface area (Å²) in [6.45, 7) is -1.44. The molecule has 0 heterocycles. The number of rotatable bonds is 14. The Morgan fingerprint density at radius 3 is 1.17 bits per heavy atom. The number of ether oxygens (including phenoxy) is 3. The van der Waals surface area contributed by atoms with Crippen molar-refractivity contribution in [1.29, 1.82) is 0 Å². The Hall–Kier alpha value is -2.30. The third kappa shape index (κ3) is 8.21. The van der Waals surface area contributed by atoms with Crippen molar-refractivity contribution in [3.05, 3.63) is 0 Å². The molecule has 0 fully saturated rings. The summed E-state index contributed by atoms with van der Waals surface area (Å²) < 4.78 is 309. The average molecular weight is 746 g/mol. The number of hydrogen-bond donors (Lipinski definition) is 1. The molecule has 0 aromatic heterocycles. The van der Waals surface area contributed by atoms with Gasteiger partial charge in [-0.05, 0) is 27.1 Å². The van der Waals surface area contributed by atoms with E-state index in [9.17, 15) is 106 Å². The van der Waals surface area contributed by atoms with Gasteiger partial charge in [0.05, 0.1) is 0 Å². The molecule has 0 saturated heterocycles. The first-order valence-electron chi connectivity index (χ1n) is 10.6. The maximum atomic E-state index is 14.4. The Labute approximate surface area is 237 Å². The predicted octanol–water partition coefficient (Wildman–Crippen LogP) is 6.76. The summed E-state index contributed by atoms with van der Waals surface area (Å²) >= 11 is 0. The van der Waals surface area contributed by atoms with Crippen molar-refractivity contribution in [2.24, 2.45) is 0 Å². The molecule has 0 bridgehead atoms. The lowest BCUT2D eigenvalue weighted by atomic mass is 10.2. The number of amides is 1. The molecule has 0 aliphatic heterocycles. The van der Waals surface area contributed by atoms with Gasteiger partial charge in [0, 0.05) is 6.54 Å². The third-order valence-corrected chi connectivity index (χ3v) is 4.73. The molecule has 0 saturated carbocycles. The fourth-order valence-electron chi connectivity index (χ4n) is 2.40. The van der Waals surface area contributed by atoms with Crippen molar-refractivity contribution in [2.45, 2.75) is 72.9 Å². The minimum absolute atomic E-state index is 0.229. The van der Waals surface area contributed by atoms with Gasteiger partial charge in [-0.2, -0.15) is 101 Å². The number of hydrogen-bond acceptors (Lipinski definition) is 5. The highest BCUT2D eigenvalue weighted by atomic mass is 19.4. The lowest BCUT2D eigenvalue weighted by Gasteiger charge is -2.42. The molecule has 0 aromatic rings. The van der Waals surface area contributed by atoms with Crippen molar-refractivity contribution in [2.75, 3.05) is 27.2 Å². The van der Waals surface area contributed by atoms with Crippen LogP contribution in [0.2, 0.25) is 0 Å². The zero-order valence-electron chi connectivity index (χ0n) is 21.4. The van der Waals surface area contributed by atoms with Crippen molar-refractivity contribution in [1.82, 2.24) is 10.2 Å². The van der Waals surface area contributed by atoms with Gasteiger partial charge in [-0.3, -0.25) is 19.0 Å². The van der Waals surface area contributed by atoms with Gasteiger partial charge in [0.15, 0.2) is 0 Å². The van der Waals surface area contributed by atoms with Crippen LogP contribution in [-0.4, -0.2) is 105 Å². The predicted molar refractivity (Wildman–Crippen MR) is 95.0 cm³/mol. The fourth-order valence-corrected chi connectivity index (χ4v) is 2.40. The van der Waals surface area contributed by atoms with Crippen molar-refractivity contribution in [3.8, 4) is 0 Å². The number of nitrogens with zero attached hydrogens (tertiary/aromatic N) is 1. The second-order valence-corrected chi connectivity index (χ2v) is 8.62. The zero-order chi connectivity index (χ0) is 37.6. The van der Waals surface area contributed by atoms with E-state index in [1.165, 1.54) is 23.7 Å². The summed E-state index contributed by atoms with van der Waals surface area (Å²) in [6, 6.07) is 0. The van der Waals surface area contributed by atoms with Crippen LogP contribution in [0, 0.1) is 0 Å². The van der Waals surface area contributed by atoms with Crippen LogP contribution in [0.1, 0.15) is 6.42 Å². The summed E-state index contributed by atoms with van der Waals surface area (Å²) in [5.74, 6) is -36.1. The lowest BCUT2D eigenvalue weighted by molar-refractivity contribution is -0.577. The van der Waals surface area contributed by atoms with Gasteiger partial charge in [-0.15, -0.1) is 0 Å². The highest BCUT2D eigenvalue weighted by Crippen LogP contribution is 2.59. The van der Waals surface area contributed by atoms with Crippen LogP contribution in [0.5, 0.6) is 0 Å². The molecule has 0 aliphatic rings. The molecule has 0 aliphatic carbocycles. The topological polar surface area (TPSA) is 60.0 Å². The molecule has 0 radical (unpaired) electrons. The van der Waals surface area contributed by atoms with E-state index < -0.39 is 85.4 Å². The quantitative estimate of drug-likeness (QED) is 0.157. The largest absolute Gasteiger partial charge is 0.462 e. The maximum Gasteiger partial charge on any atom is 0.462 e. The molecule has 6 nitrogen and oxygen atoms in total. The molecule has 46 heavy (non-hydrogen) atoms. The molecule has 3 atom stereocenters. The van der Waals surface area contributed by atoms with Crippen LogP contribution in [0.3, 0.4) is 0 Å². The second-order valence-electron chi connectivity index (χ2n) is 8.62. The van der Waals surface area contributed by atoms with E-state index in [2.05, 4.69) is 0 Å². The molecule has 1 N–H and O–H groups in total. The Morgan fingerprint density at radius 1 is 0.522 bits per heavy atom. The van der Waals surface area contributed by atoms with Gasteiger partial charge >= 0.3 is 66.5 Å². The Bertz CT molecular complexity index is 1050. The van der Waals surface area contributed by atoms with Gasteiger partial charge in [-0.25, -0.2) is 0 Å². The molecule has 0 aromatic carbocycles. The van der Waals surface area contributed by atoms with Gasteiger partial charge in [0.2, 0.25) is 0 Å². The molecule has 3 unspecified atom stereocenters. The number of alkyl halides is 23. The highest BCUT2D eigenvalue weighted by Gasteiger charge is 2.88. The van der Waals surface area contributed by atoms with E-state index >= 15 is 0 Å². The van der Waals surface area contributed by atoms with Gasteiger partial charge < -0.3 is 10.2 Å². The molecule has 0 rings (SSSR count). The first-order valence-corrected chi connectivity index (χ1v) is 10.6. The van der Waals surface area contributed by atoms with E-state index in [-0.39, 0.29) is 6.54 Å². The van der Waals surface area contributed by atoms with E-state index in [0.717, 1.165) is 10.1 Å². The molecule has 29 heteroatoms. The van der Waals surface area contributed by atoms with E-state index in [4.69, 9.17) is 0 Å². The Morgan fingerprint density at radius 2 is 0.870 bits per heavy atom.